The maximum absolute atomic E-state index is 11.6. The quantitative estimate of drug-likeness (QED) is 0.572. The summed E-state index contributed by atoms with van der Waals surface area (Å²) in [4.78, 5) is 22.1. The highest BCUT2D eigenvalue weighted by molar-refractivity contribution is 5.79. The van der Waals surface area contributed by atoms with Gasteiger partial charge in [0.1, 0.15) is 0 Å². The van der Waals surface area contributed by atoms with Crippen LogP contribution in [-0.2, 0) is 9.59 Å². The van der Waals surface area contributed by atoms with Gasteiger partial charge in [-0.2, -0.15) is 0 Å². The Labute approximate surface area is 90.0 Å². The van der Waals surface area contributed by atoms with Crippen molar-refractivity contribution in [1.82, 2.24) is 5.32 Å². The van der Waals surface area contributed by atoms with E-state index in [1.54, 1.807) is 0 Å². The predicted molar refractivity (Wildman–Crippen MR) is 57.3 cm³/mol. The zero-order chi connectivity index (χ0) is 11.8. The molecule has 0 radical (unpaired) electrons. The summed E-state index contributed by atoms with van der Waals surface area (Å²) >= 11 is 0. The molecule has 1 amide bonds. The number of carboxylic acid groups (broad SMARTS) is 1. The molecule has 0 aromatic heterocycles. The van der Waals surface area contributed by atoms with Gasteiger partial charge in [-0.3, -0.25) is 9.59 Å². The molecule has 0 heterocycles. The summed E-state index contributed by atoms with van der Waals surface area (Å²) in [5.41, 5.74) is 5.43. The van der Waals surface area contributed by atoms with Gasteiger partial charge in [-0.15, -0.1) is 0 Å². The summed E-state index contributed by atoms with van der Waals surface area (Å²) in [5, 5.41) is 11.3. The zero-order valence-corrected chi connectivity index (χ0v) is 9.32. The molecular weight excluding hydrogens is 196 g/mol. The summed E-state index contributed by atoms with van der Waals surface area (Å²) in [7, 11) is 0. The van der Waals surface area contributed by atoms with Gasteiger partial charge >= 0.3 is 5.97 Å². The van der Waals surface area contributed by atoms with E-state index in [-0.39, 0.29) is 24.3 Å². The van der Waals surface area contributed by atoms with Crippen molar-refractivity contribution in [2.75, 3.05) is 6.54 Å². The summed E-state index contributed by atoms with van der Waals surface area (Å²) in [6.45, 7) is 4.03. The highest BCUT2D eigenvalue weighted by Crippen LogP contribution is 2.03. The molecule has 0 aromatic rings. The fourth-order valence-corrected chi connectivity index (χ4v) is 1.29. The van der Waals surface area contributed by atoms with Crippen LogP contribution in [0.15, 0.2) is 0 Å². The second-order valence-corrected chi connectivity index (χ2v) is 3.55. The van der Waals surface area contributed by atoms with Gasteiger partial charge in [0.25, 0.3) is 0 Å². The van der Waals surface area contributed by atoms with Crippen LogP contribution in [0, 0.1) is 5.92 Å². The number of carbonyl (C=O) groups is 2. The van der Waals surface area contributed by atoms with E-state index in [1.165, 1.54) is 0 Å². The highest BCUT2D eigenvalue weighted by atomic mass is 16.4. The fourth-order valence-electron chi connectivity index (χ4n) is 1.29. The first-order chi connectivity index (χ1) is 7.04. The first-order valence-electron chi connectivity index (χ1n) is 5.27. The number of nitrogens with two attached hydrogens (primary N) is 1. The Morgan fingerprint density at radius 1 is 1.33 bits per heavy atom. The molecule has 0 aliphatic carbocycles. The van der Waals surface area contributed by atoms with E-state index in [2.05, 4.69) is 5.32 Å². The average Bonchev–Trinajstić information content (AvgIpc) is 2.17. The Morgan fingerprint density at radius 2 is 1.93 bits per heavy atom. The number of nitrogens with one attached hydrogen (secondary N) is 1. The Balaban J connectivity index is 4.16. The molecule has 0 spiro atoms. The van der Waals surface area contributed by atoms with Crippen LogP contribution in [-0.4, -0.2) is 29.6 Å². The van der Waals surface area contributed by atoms with E-state index in [1.807, 2.05) is 13.8 Å². The topological polar surface area (TPSA) is 92.4 Å². The van der Waals surface area contributed by atoms with Crippen LogP contribution in [0.3, 0.4) is 0 Å². The minimum atomic E-state index is -0.900. The molecule has 88 valence electrons. The molecule has 15 heavy (non-hydrogen) atoms. The van der Waals surface area contributed by atoms with Crippen LogP contribution < -0.4 is 11.1 Å². The number of hydrogen-bond acceptors (Lipinski definition) is 3. The number of hydrogen-bond donors (Lipinski definition) is 3. The lowest BCUT2D eigenvalue weighted by molar-refractivity contribution is -0.137. The van der Waals surface area contributed by atoms with Gasteiger partial charge in [0.15, 0.2) is 0 Å². The molecule has 0 aliphatic heterocycles. The van der Waals surface area contributed by atoms with Crippen LogP contribution in [0.2, 0.25) is 0 Å². The minimum Gasteiger partial charge on any atom is -0.481 e. The van der Waals surface area contributed by atoms with E-state index in [0.717, 1.165) is 0 Å². The molecule has 0 fully saturated rings. The van der Waals surface area contributed by atoms with Crippen molar-refractivity contribution in [3.63, 3.8) is 0 Å². The highest BCUT2D eigenvalue weighted by Gasteiger charge is 2.19. The van der Waals surface area contributed by atoms with Crippen molar-refractivity contribution < 1.29 is 14.7 Å². The lowest BCUT2D eigenvalue weighted by atomic mass is 10.0. The minimum absolute atomic E-state index is 0.0384. The van der Waals surface area contributed by atoms with Crippen LogP contribution in [0.1, 0.15) is 33.1 Å². The number of aliphatic carboxylic acids is 1. The first-order valence-corrected chi connectivity index (χ1v) is 5.27. The summed E-state index contributed by atoms with van der Waals surface area (Å²) in [5.74, 6) is -1.26. The summed E-state index contributed by atoms with van der Waals surface area (Å²) < 4.78 is 0. The average molecular weight is 216 g/mol. The van der Waals surface area contributed by atoms with Gasteiger partial charge in [-0.1, -0.05) is 13.8 Å². The molecule has 0 rings (SSSR count). The molecule has 0 aromatic carbocycles. The van der Waals surface area contributed by atoms with E-state index < -0.39 is 5.97 Å². The third kappa shape index (κ3) is 5.37. The van der Waals surface area contributed by atoms with Crippen molar-refractivity contribution in [1.29, 1.82) is 0 Å². The largest absolute Gasteiger partial charge is 0.481 e. The summed E-state index contributed by atoms with van der Waals surface area (Å²) in [6, 6.07) is -0.296. The van der Waals surface area contributed by atoms with E-state index in [9.17, 15) is 9.59 Å². The van der Waals surface area contributed by atoms with Gasteiger partial charge in [-0.05, 0) is 12.8 Å². The Hall–Kier alpha value is -1.10. The Morgan fingerprint density at radius 3 is 2.27 bits per heavy atom. The van der Waals surface area contributed by atoms with Gasteiger partial charge in [-0.25, -0.2) is 0 Å². The fraction of sp³-hybridized carbons (Fsp3) is 0.800. The molecule has 4 N–H and O–H groups in total. The van der Waals surface area contributed by atoms with Gasteiger partial charge in [0.2, 0.25) is 5.91 Å². The molecule has 2 atom stereocenters. The van der Waals surface area contributed by atoms with Gasteiger partial charge in [0.05, 0.1) is 6.42 Å². The molecule has 5 nitrogen and oxygen atoms in total. The molecule has 2 unspecified atom stereocenters. The summed E-state index contributed by atoms with van der Waals surface area (Å²) in [6.07, 6.45) is 1.24. The van der Waals surface area contributed by atoms with E-state index in [4.69, 9.17) is 10.8 Å². The normalized spacial score (nSPS) is 14.3. The lowest BCUT2D eigenvalue weighted by Gasteiger charge is -2.18. The number of amides is 1. The second-order valence-electron chi connectivity index (χ2n) is 3.55. The van der Waals surface area contributed by atoms with E-state index >= 15 is 0 Å². The number of carboxylic acids is 1. The van der Waals surface area contributed by atoms with Gasteiger partial charge in [0, 0.05) is 18.5 Å². The second kappa shape index (κ2) is 7.23. The molecule has 5 heteroatoms. The third-order valence-corrected chi connectivity index (χ3v) is 2.41. The standard InChI is InChI=1S/C10H20N2O3/c1-3-7(6-11)10(15)12-8(4-2)5-9(13)14/h7-8H,3-6,11H2,1-2H3,(H,12,15)(H,13,14). The molecule has 0 saturated heterocycles. The molecule has 0 bridgehead atoms. The number of carbonyl (C=O) groups excluding carboxylic acids is 1. The maximum atomic E-state index is 11.6. The van der Waals surface area contributed by atoms with Gasteiger partial charge < -0.3 is 16.2 Å². The van der Waals surface area contributed by atoms with Crippen LogP contribution >= 0.6 is 0 Å². The van der Waals surface area contributed by atoms with Crippen molar-refractivity contribution in [2.24, 2.45) is 11.7 Å². The van der Waals surface area contributed by atoms with Crippen molar-refractivity contribution >= 4 is 11.9 Å². The molecule has 0 aliphatic rings. The molecule has 0 saturated carbocycles. The van der Waals surface area contributed by atoms with Crippen LogP contribution in [0.5, 0.6) is 0 Å². The Bertz CT molecular complexity index is 215. The number of rotatable bonds is 7. The SMILES string of the molecule is CCC(CC(=O)O)NC(=O)C(CC)CN. The van der Waals surface area contributed by atoms with E-state index in [0.29, 0.717) is 19.4 Å². The van der Waals surface area contributed by atoms with Crippen LogP contribution in [0.25, 0.3) is 0 Å². The van der Waals surface area contributed by atoms with Crippen molar-refractivity contribution in [3.05, 3.63) is 0 Å². The first kappa shape index (κ1) is 13.9. The van der Waals surface area contributed by atoms with Crippen LogP contribution in [0.4, 0.5) is 0 Å². The maximum Gasteiger partial charge on any atom is 0.305 e. The van der Waals surface area contributed by atoms with Crippen molar-refractivity contribution in [3.8, 4) is 0 Å². The monoisotopic (exact) mass is 216 g/mol. The Kier molecular flexibility index (Phi) is 6.70. The molecular formula is C10H20N2O3. The lowest BCUT2D eigenvalue weighted by Crippen LogP contribution is -2.41. The predicted octanol–water partition coefficient (Wildman–Crippen LogP) is 0.341. The third-order valence-electron chi connectivity index (χ3n) is 2.41. The smallest absolute Gasteiger partial charge is 0.305 e. The zero-order valence-electron chi connectivity index (χ0n) is 9.32. The van der Waals surface area contributed by atoms with Crippen molar-refractivity contribution in [2.45, 2.75) is 39.2 Å².